The molecule has 0 fully saturated rings. The topological polar surface area (TPSA) is 20.3 Å². The summed E-state index contributed by atoms with van der Waals surface area (Å²) in [6.45, 7) is 2.63. The van der Waals surface area contributed by atoms with Gasteiger partial charge in [-0.05, 0) is 50.2 Å². The highest BCUT2D eigenvalue weighted by molar-refractivity contribution is 5.95. The van der Waals surface area contributed by atoms with Gasteiger partial charge in [-0.2, -0.15) is 0 Å². The van der Waals surface area contributed by atoms with Crippen molar-refractivity contribution in [3.8, 4) is 11.1 Å². The maximum Gasteiger partial charge on any atom is 0.159 e. The summed E-state index contributed by atoms with van der Waals surface area (Å²) in [6.07, 6.45) is 1.01. The van der Waals surface area contributed by atoms with Crippen molar-refractivity contribution in [3.05, 3.63) is 59.7 Å². The Morgan fingerprint density at radius 3 is 2.50 bits per heavy atom. The predicted octanol–water partition coefficient (Wildman–Crippen LogP) is 3.66. The lowest BCUT2D eigenvalue weighted by atomic mass is 9.95. The van der Waals surface area contributed by atoms with E-state index in [-0.39, 0.29) is 5.78 Å². The molecule has 0 amide bonds. The first-order valence-electron chi connectivity index (χ1n) is 6.92. The van der Waals surface area contributed by atoms with Crippen LogP contribution < -0.4 is 0 Å². The average molecular weight is 267 g/mol. The van der Waals surface area contributed by atoms with E-state index in [1.165, 1.54) is 11.1 Å². The van der Waals surface area contributed by atoms with Gasteiger partial charge < -0.3 is 4.90 Å². The zero-order valence-electron chi connectivity index (χ0n) is 12.4. The summed E-state index contributed by atoms with van der Waals surface area (Å²) in [5.41, 5.74) is 4.43. The molecule has 2 aromatic rings. The molecular weight excluding hydrogens is 246 g/mol. The Labute approximate surface area is 121 Å². The van der Waals surface area contributed by atoms with Crippen molar-refractivity contribution >= 4 is 5.78 Å². The van der Waals surface area contributed by atoms with Gasteiger partial charge >= 0.3 is 0 Å². The van der Waals surface area contributed by atoms with Crippen LogP contribution in [0.3, 0.4) is 0 Å². The lowest BCUT2D eigenvalue weighted by Gasteiger charge is -2.13. The van der Waals surface area contributed by atoms with E-state index in [4.69, 9.17) is 0 Å². The number of Topliss-reactive ketones (excluding diaryl/α,β-unsaturated/α-hetero) is 1. The fraction of sp³-hybridized carbons (Fsp3) is 0.278. The fourth-order valence-corrected chi connectivity index (χ4v) is 2.27. The Kier molecular flexibility index (Phi) is 4.70. The van der Waals surface area contributed by atoms with Crippen LogP contribution in [0.4, 0.5) is 0 Å². The highest BCUT2D eigenvalue weighted by atomic mass is 16.1. The van der Waals surface area contributed by atoms with Crippen molar-refractivity contribution in [2.24, 2.45) is 0 Å². The standard InChI is InChI=1S/C18H21NO/c1-14(20)16-8-6-9-17(13-16)18-10-5-4-7-15(18)11-12-19(2)3/h4-10,13H,11-12H2,1-3H3. The van der Waals surface area contributed by atoms with Crippen molar-refractivity contribution in [2.45, 2.75) is 13.3 Å². The van der Waals surface area contributed by atoms with Gasteiger partial charge in [0.1, 0.15) is 0 Å². The second kappa shape index (κ2) is 6.49. The molecule has 2 aromatic carbocycles. The zero-order chi connectivity index (χ0) is 14.5. The van der Waals surface area contributed by atoms with Gasteiger partial charge in [-0.3, -0.25) is 4.79 Å². The molecule has 2 nitrogen and oxygen atoms in total. The lowest BCUT2D eigenvalue weighted by Crippen LogP contribution is -2.15. The molecule has 0 radical (unpaired) electrons. The minimum absolute atomic E-state index is 0.109. The third kappa shape index (κ3) is 3.55. The molecular formula is C18H21NO. The maximum absolute atomic E-state index is 11.5. The van der Waals surface area contributed by atoms with Gasteiger partial charge in [0.2, 0.25) is 0 Å². The second-order valence-corrected chi connectivity index (χ2v) is 5.35. The van der Waals surface area contributed by atoms with E-state index in [0.717, 1.165) is 24.1 Å². The number of nitrogens with zero attached hydrogens (tertiary/aromatic N) is 1. The molecule has 0 unspecified atom stereocenters. The summed E-state index contributed by atoms with van der Waals surface area (Å²) < 4.78 is 0. The minimum atomic E-state index is 0.109. The van der Waals surface area contributed by atoms with Gasteiger partial charge in [0.25, 0.3) is 0 Å². The summed E-state index contributed by atoms with van der Waals surface area (Å²) in [5, 5.41) is 0. The molecule has 0 aliphatic rings. The molecule has 0 aromatic heterocycles. The van der Waals surface area contributed by atoms with Crippen LogP contribution in [-0.4, -0.2) is 31.3 Å². The van der Waals surface area contributed by atoms with Crippen molar-refractivity contribution in [3.63, 3.8) is 0 Å². The molecule has 0 aliphatic heterocycles. The number of benzene rings is 2. The van der Waals surface area contributed by atoms with Crippen LogP contribution in [0.1, 0.15) is 22.8 Å². The summed E-state index contributed by atoms with van der Waals surface area (Å²) in [5.74, 6) is 0.109. The van der Waals surface area contributed by atoms with Gasteiger partial charge in [-0.25, -0.2) is 0 Å². The molecule has 0 bridgehead atoms. The normalized spacial score (nSPS) is 10.8. The summed E-state index contributed by atoms with van der Waals surface area (Å²) >= 11 is 0. The average Bonchev–Trinajstić information content (AvgIpc) is 2.45. The molecule has 104 valence electrons. The highest BCUT2D eigenvalue weighted by Gasteiger charge is 2.07. The first kappa shape index (κ1) is 14.5. The van der Waals surface area contributed by atoms with Gasteiger partial charge in [0.05, 0.1) is 0 Å². The van der Waals surface area contributed by atoms with Gasteiger partial charge in [-0.15, -0.1) is 0 Å². The Balaban J connectivity index is 2.37. The molecule has 20 heavy (non-hydrogen) atoms. The largest absolute Gasteiger partial charge is 0.309 e. The van der Waals surface area contributed by atoms with Crippen LogP contribution in [0.2, 0.25) is 0 Å². The number of likely N-dealkylation sites (N-methyl/N-ethyl adjacent to an activating group) is 1. The van der Waals surface area contributed by atoms with E-state index >= 15 is 0 Å². The van der Waals surface area contributed by atoms with E-state index in [1.54, 1.807) is 6.92 Å². The third-order valence-electron chi connectivity index (χ3n) is 3.43. The SMILES string of the molecule is CC(=O)c1cccc(-c2ccccc2CCN(C)C)c1. The number of hydrogen-bond donors (Lipinski definition) is 0. The smallest absolute Gasteiger partial charge is 0.159 e. The van der Waals surface area contributed by atoms with Crippen molar-refractivity contribution in [1.82, 2.24) is 4.90 Å². The fourth-order valence-electron chi connectivity index (χ4n) is 2.27. The number of carbonyl (C=O) groups is 1. The van der Waals surface area contributed by atoms with E-state index in [9.17, 15) is 4.79 Å². The van der Waals surface area contributed by atoms with Crippen LogP contribution in [0.25, 0.3) is 11.1 Å². The maximum atomic E-state index is 11.5. The summed E-state index contributed by atoms with van der Waals surface area (Å²) in [4.78, 5) is 13.7. The third-order valence-corrected chi connectivity index (χ3v) is 3.43. The second-order valence-electron chi connectivity index (χ2n) is 5.35. The number of ketones is 1. The minimum Gasteiger partial charge on any atom is -0.309 e. The molecule has 0 aliphatic carbocycles. The Morgan fingerprint density at radius 2 is 1.80 bits per heavy atom. The van der Waals surface area contributed by atoms with Crippen LogP contribution in [0.5, 0.6) is 0 Å². The van der Waals surface area contributed by atoms with Crippen LogP contribution >= 0.6 is 0 Å². The Hall–Kier alpha value is -1.93. The van der Waals surface area contributed by atoms with E-state index < -0.39 is 0 Å². The number of rotatable bonds is 5. The zero-order valence-corrected chi connectivity index (χ0v) is 12.4. The van der Waals surface area contributed by atoms with E-state index in [2.05, 4.69) is 49.3 Å². The first-order valence-corrected chi connectivity index (χ1v) is 6.92. The highest BCUT2D eigenvalue weighted by Crippen LogP contribution is 2.25. The quantitative estimate of drug-likeness (QED) is 0.771. The van der Waals surface area contributed by atoms with Crippen molar-refractivity contribution < 1.29 is 4.79 Å². The number of hydrogen-bond acceptors (Lipinski definition) is 2. The van der Waals surface area contributed by atoms with Crippen LogP contribution in [0, 0.1) is 0 Å². The molecule has 0 atom stereocenters. The molecule has 0 spiro atoms. The Bertz CT molecular complexity index is 602. The van der Waals surface area contributed by atoms with E-state index in [1.807, 2.05) is 18.2 Å². The molecule has 2 rings (SSSR count). The van der Waals surface area contributed by atoms with Crippen LogP contribution in [0.15, 0.2) is 48.5 Å². The molecule has 0 N–H and O–H groups in total. The lowest BCUT2D eigenvalue weighted by molar-refractivity contribution is 0.101. The van der Waals surface area contributed by atoms with Crippen LogP contribution in [-0.2, 0) is 6.42 Å². The monoisotopic (exact) mass is 267 g/mol. The van der Waals surface area contributed by atoms with Gasteiger partial charge in [-0.1, -0.05) is 42.5 Å². The Morgan fingerprint density at radius 1 is 1.05 bits per heavy atom. The molecule has 0 saturated carbocycles. The van der Waals surface area contributed by atoms with Crippen molar-refractivity contribution in [1.29, 1.82) is 0 Å². The summed E-state index contributed by atoms with van der Waals surface area (Å²) in [6, 6.07) is 16.3. The first-order chi connectivity index (χ1) is 9.58. The van der Waals surface area contributed by atoms with Gasteiger partial charge in [0.15, 0.2) is 5.78 Å². The predicted molar refractivity (Wildman–Crippen MR) is 84.1 cm³/mol. The number of carbonyl (C=O) groups excluding carboxylic acids is 1. The van der Waals surface area contributed by atoms with E-state index in [0.29, 0.717) is 0 Å². The summed E-state index contributed by atoms with van der Waals surface area (Å²) in [7, 11) is 4.16. The van der Waals surface area contributed by atoms with Crippen molar-refractivity contribution in [2.75, 3.05) is 20.6 Å². The molecule has 0 heterocycles. The van der Waals surface area contributed by atoms with Gasteiger partial charge in [0, 0.05) is 12.1 Å². The molecule has 2 heteroatoms. The molecule has 0 saturated heterocycles.